The molecule has 3 rings (SSSR count). The van der Waals surface area contributed by atoms with Gasteiger partial charge >= 0.3 is 6.18 Å². The zero-order chi connectivity index (χ0) is 18.9. The van der Waals surface area contributed by atoms with Crippen molar-refractivity contribution in [3.05, 3.63) is 24.0 Å². The monoisotopic (exact) mass is 375 g/mol. The van der Waals surface area contributed by atoms with Crippen LogP contribution < -0.4 is 4.90 Å². The molecule has 6 nitrogen and oxygen atoms in total. The number of rotatable bonds is 3. The smallest absolute Gasteiger partial charge is 0.389 e. The van der Waals surface area contributed by atoms with E-state index in [4.69, 9.17) is 0 Å². The topological polar surface area (TPSA) is 80.1 Å². The summed E-state index contributed by atoms with van der Waals surface area (Å²) in [4.78, 5) is 7.11. The predicted molar refractivity (Wildman–Crippen MR) is 88.6 cm³/mol. The number of aromatic nitrogens is 1. The first-order valence-corrected chi connectivity index (χ1v) is 8.79. The van der Waals surface area contributed by atoms with Crippen molar-refractivity contribution >= 4 is 5.69 Å². The van der Waals surface area contributed by atoms with E-state index in [-0.39, 0.29) is 24.7 Å². The number of aliphatic hydroxyl groups is 3. The van der Waals surface area contributed by atoms with Crippen molar-refractivity contribution in [3.8, 4) is 0 Å². The third kappa shape index (κ3) is 4.28. The van der Waals surface area contributed by atoms with Crippen LogP contribution in [0.3, 0.4) is 0 Å². The third-order valence-corrected chi connectivity index (χ3v) is 5.11. The van der Waals surface area contributed by atoms with Crippen LogP contribution in [0, 0.1) is 5.92 Å². The van der Waals surface area contributed by atoms with Crippen molar-refractivity contribution in [2.45, 2.75) is 37.3 Å². The van der Waals surface area contributed by atoms with Crippen LogP contribution in [-0.2, 0) is 6.18 Å². The van der Waals surface area contributed by atoms with Crippen molar-refractivity contribution < 1.29 is 28.5 Å². The molecule has 2 aliphatic heterocycles. The second-order valence-electron chi connectivity index (χ2n) is 7.17. The van der Waals surface area contributed by atoms with E-state index in [1.54, 1.807) is 4.90 Å². The molecule has 2 fully saturated rings. The number of likely N-dealkylation sites (tertiary alicyclic amines) is 1. The van der Waals surface area contributed by atoms with Gasteiger partial charge in [-0.15, -0.1) is 0 Å². The fraction of sp³-hybridized carbons (Fsp3) is 0.706. The van der Waals surface area contributed by atoms with E-state index in [9.17, 15) is 28.5 Å². The zero-order valence-corrected chi connectivity index (χ0v) is 14.3. The number of halogens is 3. The standard InChI is InChI=1S/C17H24F3N3O3/c18-17(19,20)16-12(4-1-5-21-16)23-6-2-3-11(8-23)7-22-9-13(24)15(26)14(25)10-22/h1,4-5,11,13-15,24-26H,2-3,6-10H2/t11-,13?,14?,15?/m0/s1. The quantitative estimate of drug-likeness (QED) is 0.722. The van der Waals surface area contributed by atoms with Crippen LogP contribution in [0.25, 0.3) is 0 Å². The molecule has 146 valence electrons. The van der Waals surface area contributed by atoms with Crippen molar-refractivity contribution in [1.82, 2.24) is 9.88 Å². The molecule has 26 heavy (non-hydrogen) atoms. The molecule has 2 unspecified atom stereocenters. The lowest BCUT2D eigenvalue weighted by Gasteiger charge is -2.41. The molecular formula is C17H24F3N3O3. The minimum atomic E-state index is -4.50. The Bertz CT molecular complexity index is 604. The lowest BCUT2D eigenvalue weighted by molar-refractivity contribution is -0.140. The molecule has 0 aromatic carbocycles. The molecule has 1 aromatic rings. The van der Waals surface area contributed by atoms with E-state index in [2.05, 4.69) is 4.98 Å². The Morgan fingerprint density at radius 2 is 1.81 bits per heavy atom. The fourth-order valence-electron chi connectivity index (χ4n) is 3.89. The lowest BCUT2D eigenvalue weighted by Crippen LogP contribution is -2.56. The van der Waals surface area contributed by atoms with Crippen molar-refractivity contribution in [2.75, 3.05) is 37.6 Å². The Morgan fingerprint density at radius 1 is 1.12 bits per heavy atom. The Labute approximate surface area is 149 Å². The number of aliphatic hydroxyl groups excluding tert-OH is 3. The number of piperidine rings is 2. The summed E-state index contributed by atoms with van der Waals surface area (Å²) in [5.74, 6) is 0.111. The van der Waals surface area contributed by atoms with E-state index in [1.165, 1.54) is 12.1 Å². The van der Waals surface area contributed by atoms with Gasteiger partial charge in [0.25, 0.3) is 0 Å². The Balaban J connectivity index is 1.67. The molecular weight excluding hydrogens is 351 g/mol. The maximum Gasteiger partial charge on any atom is 0.435 e. The van der Waals surface area contributed by atoms with Gasteiger partial charge in [0.1, 0.15) is 6.10 Å². The molecule has 1 aromatic heterocycles. The Hall–Kier alpha value is -1.42. The van der Waals surface area contributed by atoms with Crippen molar-refractivity contribution in [2.24, 2.45) is 5.92 Å². The molecule has 0 bridgehead atoms. The second kappa shape index (κ2) is 7.67. The molecule has 3 N–H and O–H groups in total. The van der Waals surface area contributed by atoms with Crippen LogP contribution in [0.4, 0.5) is 18.9 Å². The van der Waals surface area contributed by atoms with Gasteiger partial charge in [0.15, 0.2) is 5.69 Å². The fourth-order valence-corrected chi connectivity index (χ4v) is 3.89. The van der Waals surface area contributed by atoms with Gasteiger partial charge in [0.05, 0.1) is 17.9 Å². The highest BCUT2D eigenvalue weighted by Crippen LogP contribution is 2.36. The summed E-state index contributed by atoms with van der Waals surface area (Å²) < 4.78 is 39.7. The number of anilines is 1. The largest absolute Gasteiger partial charge is 0.435 e. The molecule has 2 saturated heterocycles. The highest BCUT2D eigenvalue weighted by Gasteiger charge is 2.38. The predicted octanol–water partition coefficient (Wildman–Crippen LogP) is 0.715. The van der Waals surface area contributed by atoms with Crippen LogP contribution in [0.15, 0.2) is 18.3 Å². The van der Waals surface area contributed by atoms with Gasteiger partial charge < -0.3 is 20.2 Å². The number of nitrogens with zero attached hydrogens (tertiary/aromatic N) is 3. The highest BCUT2D eigenvalue weighted by molar-refractivity contribution is 5.52. The average Bonchev–Trinajstić information content (AvgIpc) is 2.59. The summed E-state index contributed by atoms with van der Waals surface area (Å²) in [5.41, 5.74) is -0.772. The summed E-state index contributed by atoms with van der Waals surface area (Å²) in [5, 5.41) is 29.2. The molecule has 0 saturated carbocycles. The SMILES string of the molecule is OC1CN(C[C@@H]2CCCN(c3cccnc3C(F)(F)F)C2)CC(O)C1O. The highest BCUT2D eigenvalue weighted by atomic mass is 19.4. The van der Waals surface area contributed by atoms with Gasteiger partial charge in [-0.25, -0.2) is 4.98 Å². The summed E-state index contributed by atoms with van der Waals surface area (Å²) in [7, 11) is 0. The lowest BCUT2D eigenvalue weighted by atomic mass is 9.94. The molecule has 0 aliphatic carbocycles. The Kier molecular flexibility index (Phi) is 5.71. The molecule has 0 amide bonds. The molecule has 0 spiro atoms. The van der Waals surface area contributed by atoms with Gasteiger partial charge in [0, 0.05) is 38.9 Å². The molecule has 9 heteroatoms. The van der Waals surface area contributed by atoms with Gasteiger partial charge in [-0.1, -0.05) is 0 Å². The first kappa shape index (κ1) is 19.3. The Morgan fingerprint density at radius 3 is 2.46 bits per heavy atom. The van der Waals surface area contributed by atoms with Crippen LogP contribution in [-0.4, -0.2) is 76.2 Å². The minimum Gasteiger partial charge on any atom is -0.389 e. The van der Waals surface area contributed by atoms with E-state index >= 15 is 0 Å². The zero-order valence-electron chi connectivity index (χ0n) is 14.3. The first-order chi connectivity index (χ1) is 12.3. The summed E-state index contributed by atoms with van der Waals surface area (Å²) >= 11 is 0. The van der Waals surface area contributed by atoms with Crippen molar-refractivity contribution in [1.29, 1.82) is 0 Å². The summed E-state index contributed by atoms with van der Waals surface area (Å²) in [6.07, 6.45) is -4.92. The van der Waals surface area contributed by atoms with E-state index in [0.717, 1.165) is 19.0 Å². The summed E-state index contributed by atoms with van der Waals surface area (Å²) in [6.45, 7) is 2.04. The van der Waals surface area contributed by atoms with Crippen LogP contribution >= 0.6 is 0 Å². The molecule has 3 heterocycles. The summed E-state index contributed by atoms with van der Waals surface area (Å²) in [6, 6.07) is 2.95. The van der Waals surface area contributed by atoms with Gasteiger partial charge in [-0.2, -0.15) is 13.2 Å². The average molecular weight is 375 g/mol. The number of alkyl halides is 3. The van der Waals surface area contributed by atoms with E-state index < -0.39 is 30.2 Å². The van der Waals surface area contributed by atoms with Gasteiger partial charge in [0.2, 0.25) is 0 Å². The third-order valence-electron chi connectivity index (χ3n) is 5.11. The van der Waals surface area contributed by atoms with Crippen LogP contribution in [0.2, 0.25) is 0 Å². The number of hydrogen-bond donors (Lipinski definition) is 3. The van der Waals surface area contributed by atoms with E-state index in [0.29, 0.717) is 19.6 Å². The maximum atomic E-state index is 13.2. The van der Waals surface area contributed by atoms with Crippen LogP contribution in [0.1, 0.15) is 18.5 Å². The van der Waals surface area contributed by atoms with Gasteiger partial charge in [-0.3, -0.25) is 4.90 Å². The van der Waals surface area contributed by atoms with Crippen LogP contribution in [0.5, 0.6) is 0 Å². The maximum absolute atomic E-state index is 13.2. The normalized spacial score (nSPS) is 31.2. The number of β-amino-alcohol motifs (C(OH)–C–C–N with tert-alkyl or cyclic N) is 2. The second-order valence-corrected chi connectivity index (χ2v) is 7.17. The van der Waals surface area contributed by atoms with Gasteiger partial charge in [-0.05, 0) is 30.9 Å². The molecule has 0 radical (unpaired) electrons. The minimum absolute atomic E-state index is 0.0961. The molecule has 2 aliphatic rings. The van der Waals surface area contributed by atoms with Crippen molar-refractivity contribution in [3.63, 3.8) is 0 Å². The molecule has 3 atom stereocenters. The first-order valence-electron chi connectivity index (χ1n) is 8.79. The number of hydrogen-bond acceptors (Lipinski definition) is 6. The number of pyridine rings is 1. The van der Waals surface area contributed by atoms with E-state index in [1.807, 2.05) is 4.90 Å².